The number of amides is 1. The van der Waals surface area contributed by atoms with Crippen molar-refractivity contribution in [3.63, 3.8) is 0 Å². The summed E-state index contributed by atoms with van der Waals surface area (Å²) >= 11 is 0. The van der Waals surface area contributed by atoms with E-state index in [1.54, 1.807) is 0 Å². The average molecular weight is 215 g/mol. The number of carboxylic acid groups (broad SMARTS) is 1. The fraction of sp³-hybridized carbons (Fsp3) is 0.800. The summed E-state index contributed by atoms with van der Waals surface area (Å²) in [6, 6.07) is 0. The fourth-order valence-corrected chi connectivity index (χ4v) is 2.14. The number of methoxy groups -OCH3 is 1. The van der Waals surface area contributed by atoms with Crippen LogP contribution in [0.3, 0.4) is 0 Å². The fourth-order valence-electron chi connectivity index (χ4n) is 2.14. The number of rotatable bonds is 2. The number of hydrogen-bond acceptors (Lipinski definition) is 3. The van der Waals surface area contributed by atoms with Crippen LogP contribution in [0.15, 0.2) is 0 Å². The predicted molar refractivity (Wildman–Crippen MR) is 53.5 cm³/mol. The van der Waals surface area contributed by atoms with Crippen molar-refractivity contribution in [2.75, 3.05) is 7.11 Å². The Bertz CT molecular complexity index is 266. The number of aliphatic carboxylic acids is 1. The van der Waals surface area contributed by atoms with Gasteiger partial charge in [-0.25, -0.2) is 9.59 Å². The SMILES string of the molecule is COC(=O)NC1(C(=O)O)CCCCC1C. The van der Waals surface area contributed by atoms with E-state index in [9.17, 15) is 14.7 Å². The van der Waals surface area contributed by atoms with E-state index in [-0.39, 0.29) is 5.92 Å². The van der Waals surface area contributed by atoms with E-state index in [2.05, 4.69) is 10.1 Å². The molecule has 2 unspecified atom stereocenters. The molecule has 86 valence electrons. The molecular weight excluding hydrogens is 198 g/mol. The second kappa shape index (κ2) is 4.51. The van der Waals surface area contributed by atoms with Gasteiger partial charge in [-0.3, -0.25) is 0 Å². The van der Waals surface area contributed by atoms with Crippen LogP contribution in [0.25, 0.3) is 0 Å². The van der Waals surface area contributed by atoms with Gasteiger partial charge in [0.2, 0.25) is 0 Å². The highest BCUT2D eigenvalue weighted by Crippen LogP contribution is 2.33. The third-order valence-corrected chi connectivity index (χ3v) is 3.19. The summed E-state index contributed by atoms with van der Waals surface area (Å²) in [5.41, 5.74) is -1.15. The Morgan fingerprint density at radius 3 is 2.60 bits per heavy atom. The lowest BCUT2D eigenvalue weighted by Crippen LogP contribution is -2.59. The molecule has 1 rings (SSSR count). The van der Waals surface area contributed by atoms with Gasteiger partial charge < -0.3 is 15.2 Å². The summed E-state index contributed by atoms with van der Waals surface area (Å²) in [6.07, 6.45) is 2.44. The van der Waals surface area contributed by atoms with E-state index in [0.29, 0.717) is 6.42 Å². The largest absolute Gasteiger partial charge is 0.479 e. The van der Waals surface area contributed by atoms with Gasteiger partial charge in [-0.15, -0.1) is 0 Å². The normalized spacial score (nSPS) is 30.7. The Morgan fingerprint density at radius 1 is 1.47 bits per heavy atom. The number of carbonyl (C=O) groups is 2. The zero-order chi connectivity index (χ0) is 11.5. The smallest absolute Gasteiger partial charge is 0.407 e. The molecule has 0 bridgehead atoms. The molecule has 0 heterocycles. The molecule has 0 aliphatic heterocycles. The van der Waals surface area contributed by atoms with E-state index in [1.165, 1.54) is 7.11 Å². The Morgan fingerprint density at radius 2 is 2.13 bits per heavy atom. The van der Waals surface area contributed by atoms with Crippen LogP contribution in [-0.2, 0) is 9.53 Å². The molecule has 0 saturated heterocycles. The minimum absolute atomic E-state index is 0.0668. The van der Waals surface area contributed by atoms with Gasteiger partial charge in [0, 0.05) is 0 Å². The molecule has 0 aromatic heterocycles. The Labute approximate surface area is 88.8 Å². The highest BCUT2D eigenvalue weighted by atomic mass is 16.5. The van der Waals surface area contributed by atoms with Crippen molar-refractivity contribution in [1.82, 2.24) is 5.32 Å². The van der Waals surface area contributed by atoms with Crippen molar-refractivity contribution in [3.8, 4) is 0 Å². The first-order valence-corrected chi connectivity index (χ1v) is 5.12. The van der Waals surface area contributed by atoms with Crippen molar-refractivity contribution >= 4 is 12.1 Å². The van der Waals surface area contributed by atoms with Crippen molar-refractivity contribution in [2.24, 2.45) is 5.92 Å². The lowest BCUT2D eigenvalue weighted by molar-refractivity contribution is -0.148. The van der Waals surface area contributed by atoms with E-state index < -0.39 is 17.6 Å². The lowest BCUT2D eigenvalue weighted by Gasteiger charge is -2.38. The number of ether oxygens (including phenoxy) is 1. The van der Waals surface area contributed by atoms with E-state index >= 15 is 0 Å². The molecular formula is C10H17NO4. The Kier molecular flexibility index (Phi) is 3.55. The molecule has 5 nitrogen and oxygen atoms in total. The van der Waals surface area contributed by atoms with E-state index in [1.807, 2.05) is 6.92 Å². The molecule has 5 heteroatoms. The monoisotopic (exact) mass is 215 g/mol. The van der Waals surface area contributed by atoms with E-state index in [4.69, 9.17) is 0 Å². The molecule has 15 heavy (non-hydrogen) atoms. The van der Waals surface area contributed by atoms with Gasteiger partial charge in [-0.2, -0.15) is 0 Å². The van der Waals surface area contributed by atoms with Crippen LogP contribution in [0.4, 0.5) is 4.79 Å². The summed E-state index contributed by atoms with van der Waals surface area (Å²) in [6.45, 7) is 1.85. The van der Waals surface area contributed by atoms with Crippen LogP contribution in [-0.4, -0.2) is 29.8 Å². The maximum absolute atomic E-state index is 11.3. The van der Waals surface area contributed by atoms with Gasteiger partial charge in [-0.05, 0) is 18.8 Å². The molecule has 1 fully saturated rings. The van der Waals surface area contributed by atoms with Crippen LogP contribution in [0.2, 0.25) is 0 Å². The topological polar surface area (TPSA) is 75.6 Å². The third-order valence-electron chi connectivity index (χ3n) is 3.19. The van der Waals surface area contributed by atoms with Crippen LogP contribution in [0.5, 0.6) is 0 Å². The average Bonchev–Trinajstić information content (AvgIpc) is 2.21. The molecule has 1 aliphatic carbocycles. The number of hydrogen-bond donors (Lipinski definition) is 2. The lowest BCUT2D eigenvalue weighted by atomic mass is 9.73. The standard InChI is InChI=1S/C10H17NO4/c1-7-5-3-4-6-10(7,8(12)13)11-9(14)15-2/h7H,3-6H2,1-2H3,(H,11,14)(H,12,13). The molecule has 2 N–H and O–H groups in total. The maximum atomic E-state index is 11.3. The molecule has 0 spiro atoms. The zero-order valence-corrected chi connectivity index (χ0v) is 9.08. The number of carbonyl (C=O) groups excluding carboxylic acids is 1. The highest BCUT2D eigenvalue weighted by Gasteiger charge is 2.46. The molecule has 1 saturated carbocycles. The van der Waals surface area contributed by atoms with Crippen LogP contribution >= 0.6 is 0 Å². The Hall–Kier alpha value is -1.26. The van der Waals surface area contributed by atoms with Crippen molar-refractivity contribution in [2.45, 2.75) is 38.1 Å². The number of alkyl carbamates (subject to hydrolysis) is 1. The first-order chi connectivity index (χ1) is 7.03. The second-order valence-electron chi connectivity index (χ2n) is 4.04. The highest BCUT2D eigenvalue weighted by molar-refractivity contribution is 5.84. The summed E-state index contributed by atoms with van der Waals surface area (Å²) in [7, 11) is 1.23. The van der Waals surface area contributed by atoms with Crippen molar-refractivity contribution in [3.05, 3.63) is 0 Å². The first-order valence-electron chi connectivity index (χ1n) is 5.12. The third kappa shape index (κ3) is 2.22. The van der Waals surface area contributed by atoms with E-state index in [0.717, 1.165) is 19.3 Å². The molecule has 1 amide bonds. The van der Waals surface area contributed by atoms with Gasteiger partial charge in [0.1, 0.15) is 5.54 Å². The number of carboxylic acids is 1. The minimum atomic E-state index is -1.15. The molecule has 2 atom stereocenters. The quantitative estimate of drug-likeness (QED) is 0.729. The maximum Gasteiger partial charge on any atom is 0.407 e. The van der Waals surface area contributed by atoms with Gasteiger partial charge in [0.05, 0.1) is 7.11 Å². The first kappa shape index (κ1) is 11.8. The summed E-state index contributed by atoms with van der Waals surface area (Å²) in [5, 5.41) is 11.7. The predicted octanol–water partition coefficient (Wildman–Crippen LogP) is 1.38. The Balaban J connectivity index is 2.85. The second-order valence-corrected chi connectivity index (χ2v) is 4.04. The van der Waals surface area contributed by atoms with Crippen molar-refractivity contribution in [1.29, 1.82) is 0 Å². The van der Waals surface area contributed by atoms with Gasteiger partial charge in [-0.1, -0.05) is 19.8 Å². The number of nitrogens with one attached hydrogen (secondary N) is 1. The van der Waals surface area contributed by atoms with Gasteiger partial charge in [0.15, 0.2) is 0 Å². The molecule has 0 aromatic rings. The van der Waals surface area contributed by atoms with Gasteiger partial charge in [0.25, 0.3) is 0 Å². The molecule has 1 aliphatic rings. The van der Waals surface area contributed by atoms with Gasteiger partial charge >= 0.3 is 12.1 Å². The van der Waals surface area contributed by atoms with Crippen LogP contribution in [0.1, 0.15) is 32.6 Å². The van der Waals surface area contributed by atoms with Crippen LogP contribution in [0, 0.1) is 5.92 Å². The summed E-state index contributed by atoms with van der Waals surface area (Å²) < 4.78 is 4.46. The zero-order valence-electron chi connectivity index (χ0n) is 9.08. The summed E-state index contributed by atoms with van der Waals surface area (Å²) in [4.78, 5) is 22.4. The molecule has 0 aromatic carbocycles. The molecule has 0 radical (unpaired) electrons. The minimum Gasteiger partial charge on any atom is -0.479 e. The van der Waals surface area contributed by atoms with Crippen molar-refractivity contribution < 1.29 is 19.4 Å². The summed E-state index contributed by atoms with van der Waals surface area (Å²) in [5.74, 6) is -1.04. The van der Waals surface area contributed by atoms with Crippen LogP contribution < -0.4 is 5.32 Å².